The van der Waals surface area contributed by atoms with Crippen molar-refractivity contribution >= 4 is 17.9 Å². The molecule has 1 atom stereocenters. The molecule has 0 saturated carbocycles. The predicted molar refractivity (Wildman–Crippen MR) is 353 cm³/mol. The number of hydrogen-bond acceptors (Lipinski definition) is 6. The highest BCUT2D eigenvalue weighted by Crippen LogP contribution is 2.16. The molecule has 0 spiro atoms. The number of carbonyl (C=O) groups excluding carboxylic acids is 3. The largest absolute Gasteiger partial charge is 0.462 e. The van der Waals surface area contributed by atoms with Crippen molar-refractivity contribution < 1.29 is 28.6 Å². The van der Waals surface area contributed by atoms with Crippen LogP contribution in [0.2, 0.25) is 0 Å². The minimum absolute atomic E-state index is 0.112. The maximum atomic E-state index is 12.9. The highest BCUT2D eigenvalue weighted by molar-refractivity contribution is 5.72. The summed E-state index contributed by atoms with van der Waals surface area (Å²) in [5.74, 6) is -1.04. The standard InChI is InChI=1S/C75H124O6/c1-4-7-10-13-16-19-22-25-28-30-32-34-35-36-37-38-39-41-42-44-47-50-53-56-59-62-65-68-74(77)80-71-72(70-79-73(76)67-64-61-58-55-52-49-46-27-24-21-18-15-12-9-6-3)81-75(78)69-66-63-60-57-54-51-48-45-43-40-33-31-29-26-23-20-17-14-11-8-5-2/h7,9-10,12,16,18-19,21,23,25-28,31-34,46,52,55,61,64,72H,4-6,8,11,13-15,17,20,22,24,29-30,35-45,47-51,53-54,56-60,62-63,65-71H2,1-3H3/b10-7-,12-9-,19-16-,21-18-,26-23-,28-25-,33-31-,34-32-,46-27-,55-52-,64-61-. The fourth-order valence-electron chi connectivity index (χ4n) is 9.19. The van der Waals surface area contributed by atoms with Gasteiger partial charge in [0, 0.05) is 12.8 Å². The summed E-state index contributed by atoms with van der Waals surface area (Å²) in [6.45, 7) is 6.33. The Morgan fingerprint density at radius 1 is 0.272 bits per heavy atom. The fraction of sp³-hybridized carbons (Fsp3) is 0.667. The van der Waals surface area contributed by atoms with Crippen molar-refractivity contribution in [1.29, 1.82) is 0 Å². The Hall–Kier alpha value is -4.45. The van der Waals surface area contributed by atoms with E-state index in [1.54, 1.807) is 6.08 Å². The van der Waals surface area contributed by atoms with Crippen LogP contribution in [0.1, 0.15) is 303 Å². The Morgan fingerprint density at radius 3 is 0.864 bits per heavy atom. The van der Waals surface area contributed by atoms with E-state index < -0.39 is 12.1 Å². The second-order valence-electron chi connectivity index (χ2n) is 22.0. The molecule has 460 valence electrons. The Bertz CT molecular complexity index is 1720. The van der Waals surface area contributed by atoms with E-state index in [4.69, 9.17) is 14.2 Å². The smallest absolute Gasteiger partial charge is 0.309 e. The van der Waals surface area contributed by atoms with E-state index in [0.717, 1.165) is 103 Å². The average molecular weight is 1120 g/mol. The van der Waals surface area contributed by atoms with Crippen LogP contribution in [-0.4, -0.2) is 37.2 Å². The number of carbonyl (C=O) groups is 3. The SMILES string of the molecule is CC/C=C\C/C=C\C/C=C\C/C=C\C/C=C\CC(=O)OCC(COC(=O)CCCCCCCCCCCCCCCC/C=C\C/C=C\C/C=C\C/C=C\CC)OC(=O)CCCCCCCCCCC/C=C\C/C=C\CCCCCCC. The Kier molecular flexibility index (Phi) is 64.3. The van der Waals surface area contributed by atoms with Gasteiger partial charge in [0.25, 0.3) is 0 Å². The first-order valence-electron chi connectivity index (χ1n) is 33.7. The van der Waals surface area contributed by atoms with Gasteiger partial charge >= 0.3 is 17.9 Å². The van der Waals surface area contributed by atoms with Crippen LogP contribution >= 0.6 is 0 Å². The highest BCUT2D eigenvalue weighted by atomic mass is 16.6. The molecule has 0 fully saturated rings. The molecule has 0 aromatic carbocycles. The zero-order valence-electron chi connectivity index (χ0n) is 52.8. The number of hydrogen-bond donors (Lipinski definition) is 0. The summed E-state index contributed by atoms with van der Waals surface area (Å²) >= 11 is 0. The van der Waals surface area contributed by atoms with Gasteiger partial charge in [-0.05, 0) is 116 Å². The fourth-order valence-corrected chi connectivity index (χ4v) is 9.19. The van der Waals surface area contributed by atoms with Crippen LogP contribution < -0.4 is 0 Å². The van der Waals surface area contributed by atoms with Gasteiger partial charge in [-0.25, -0.2) is 0 Å². The second-order valence-corrected chi connectivity index (χ2v) is 22.0. The molecule has 0 saturated heterocycles. The first-order chi connectivity index (χ1) is 40.0. The minimum Gasteiger partial charge on any atom is -0.462 e. The Labute approximate surface area is 500 Å². The summed E-state index contributed by atoms with van der Waals surface area (Å²) in [6.07, 6.45) is 96.4. The summed E-state index contributed by atoms with van der Waals surface area (Å²) in [5.41, 5.74) is 0. The summed E-state index contributed by atoms with van der Waals surface area (Å²) < 4.78 is 16.8. The lowest BCUT2D eigenvalue weighted by molar-refractivity contribution is -0.166. The third kappa shape index (κ3) is 66.2. The van der Waals surface area contributed by atoms with Crippen molar-refractivity contribution in [3.05, 3.63) is 134 Å². The molecule has 0 aliphatic carbocycles. The van der Waals surface area contributed by atoms with Gasteiger partial charge in [-0.15, -0.1) is 0 Å². The normalized spacial score (nSPS) is 13.0. The van der Waals surface area contributed by atoms with E-state index in [2.05, 4.69) is 142 Å². The number of ether oxygens (including phenoxy) is 3. The van der Waals surface area contributed by atoms with E-state index in [1.807, 2.05) is 6.08 Å². The molecule has 81 heavy (non-hydrogen) atoms. The number of rotatable bonds is 60. The number of unbranched alkanes of at least 4 members (excludes halogenated alkanes) is 28. The van der Waals surface area contributed by atoms with E-state index in [-0.39, 0.29) is 31.6 Å². The molecule has 0 radical (unpaired) electrons. The highest BCUT2D eigenvalue weighted by Gasteiger charge is 2.19. The molecule has 0 amide bonds. The molecule has 0 aromatic rings. The average Bonchev–Trinajstić information content (AvgIpc) is 3.47. The number of esters is 3. The van der Waals surface area contributed by atoms with Crippen LogP contribution in [-0.2, 0) is 28.6 Å². The summed E-state index contributed by atoms with van der Waals surface area (Å²) in [6, 6.07) is 0. The molecule has 0 heterocycles. The topological polar surface area (TPSA) is 78.9 Å². The lowest BCUT2D eigenvalue weighted by Gasteiger charge is -2.18. The van der Waals surface area contributed by atoms with E-state index in [1.165, 1.54) is 161 Å². The molecule has 0 aliphatic heterocycles. The van der Waals surface area contributed by atoms with Crippen molar-refractivity contribution in [2.45, 2.75) is 309 Å². The zero-order chi connectivity index (χ0) is 58.5. The third-order valence-electron chi connectivity index (χ3n) is 14.2. The molecular weight excluding hydrogens is 997 g/mol. The lowest BCUT2D eigenvalue weighted by atomic mass is 10.0. The first kappa shape index (κ1) is 76.5. The van der Waals surface area contributed by atoms with Crippen LogP contribution in [0, 0.1) is 0 Å². The van der Waals surface area contributed by atoms with Crippen molar-refractivity contribution in [2.24, 2.45) is 0 Å². The van der Waals surface area contributed by atoms with Crippen molar-refractivity contribution in [3.8, 4) is 0 Å². The molecule has 0 rings (SSSR count). The zero-order valence-corrected chi connectivity index (χ0v) is 52.8. The van der Waals surface area contributed by atoms with E-state index in [0.29, 0.717) is 12.8 Å². The quantitative estimate of drug-likeness (QED) is 0.0261. The van der Waals surface area contributed by atoms with Crippen molar-refractivity contribution in [2.75, 3.05) is 13.2 Å². The van der Waals surface area contributed by atoms with Gasteiger partial charge in [-0.1, -0.05) is 302 Å². The van der Waals surface area contributed by atoms with Gasteiger partial charge in [0.05, 0.1) is 6.42 Å². The van der Waals surface area contributed by atoms with Crippen LogP contribution in [0.5, 0.6) is 0 Å². The first-order valence-corrected chi connectivity index (χ1v) is 33.7. The maximum Gasteiger partial charge on any atom is 0.309 e. The van der Waals surface area contributed by atoms with Crippen LogP contribution in [0.4, 0.5) is 0 Å². The predicted octanol–water partition coefficient (Wildman–Crippen LogP) is 23.3. The minimum atomic E-state index is -0.826. The Balaban J connectivity index is 4.39. The summed E-state index contributed by atoms with van der Waals surface area (Å²) in [4.78, 5) is 38.3. The third-order valence-corrected chi connectivity index (χ3v) is 14.2. The monoisotopic (exact) mass is 1120 g/mol. The molecular formula is C75H124O6. The maximum absolute atomic E-state index is 12.9. The molecule has 0 aromatic heterocycles. The Morgan fingerprint density at radius 2 is 0.531 bits per heavy atom. The van der Waals surface area contributed by atoms with Gasteiger partial charge in [0.15, 0.2) is 6.10 Å². The molecule has 6 heteroatoms. The van der Waals surface area contributed by atoms with Gasteiger partial charge in [0.1, 0.15) is 13.2 Å². The van der Waals surface area contributed by atoms with Gasteiger partial charge < -0.3 is 14.2 Å². The van der Waals surface area contributed by atoms with E-state index >= 15 is 0 Å². The molecule has 6 nitrogen and oxygen atoms in total. The van der Waals surface area contributed by atoms with Gasteiger partial charge in [-0.3, -0.25) is 14.4 Å². The van der Waals surface area contributed by atoms with Crippen LogP contribution in [0.25, 0.3) is 0 Å². The summed E-state index contributed by atoms with van der Waals surface area (Å²) in [5, 5.41) is 0. The lowest BCUT2D eigenvalue weighted by Crippen LogP contribution is -2.30. The second kappa shape index (κ2) is 68.1. The molecule has 0 aliphatic rings. The van der Waals surface area contributed by atoms with E-state index in [9.17, 15) is 14.4 Å². The van der Waals surface area contributed by atoms with Crippen LogP contribution in [0.3, 0.4) is 0 Å². The number of allylic oxidation sites excluding steroid dienone is 21. The molecule has 1 unspecified atom stereocenters. The molecule has 0 bridgehead atoms. The van der Waals surface area contributed by atoms with Crippen molar-refractivity contribution in [1.82, 2.24) is 0 Å². The summed E-state index contributed by atoms with van der Waals surface area (Å²) in [7, 11) is 0. The van der Waals surface area contributed by atoms with Crippen molar-refractivity contribution in [3.63, 3.8) is 0 Å². The van der Waals surface area contributed by atoms with Crippen LogP contribution in [0.15, 0.2) is 134 Å². The van der Waals surface area contributed by atoms with Gasteiger partial charge in [0.2, 0.25) is 0 Å². The van der Waals surface area contributed by atoms with Gasteiger partial charge in [-0.2, -0.15) is 0 Å². The molecule has 0 N–H and O–H groups in total.